The molecule has 0 N–H and O–H groups in total. The molecule has 0 saturated carbocycles. The summed E-state index contributed by atoms with van der Waals surface area (Å²) in [4.78, 5) is 15.3. The average molecular weight is 605 g/mol. The Kier molecular flexibility index (Phi) is 8.95. The highest BCUT2D eigenvalue weighted by Crippen LogP contribution is 2.41. The van der Waals surface area contributed by atoms with Crippen LogP contribution in [0.25, 0.3) is 6.08 Å². The Morgan fingerprint density at radius 1 is 1.03 bits per heavy atom. The molecular weight excluding hydrogens is 582 g/mol. The molecule has 0 unspecified atom stereocenters. The van der Waals surface area contributed by atoms with Crippen LogP contribution in [0.4, 0.5) is 5.69 Å². The molecule has 0 aliphatic carbocycles. The quantitative estimate of drug-likeness (QED) is 0.183. The van der Waals surface area contributed by atoms with Crippen LogP contribution >= 0.6 is 51.5 Å². The number of carbonyl (C=O) groups is 1. The number of nitrogens with zero attached hydrogens (tertiary/aromatic N) is 1. The van der Waals surface area contributed by atoms with Gasteiger partial charge in [0.1, 0.15) is 12.4 Å². The van der Waals surface area contributed by atoms with Gasteiger partial charge in [0.25, 0.3) is 5.91 Å². The zero-order valence-electron chi connectivity index (χ0n) is 19.6. The average Bonchev–Trinajstić information content (AvgIpc) is 3.13. The summed E-state index contributed by atoms with van der Waals surface area (Å²) in [7, 11) is 0. The molecule has 0 aromatic heterocycles. The Morgan fingerprint density at radius 2 is 1.75 bits per heavy atom. The number of carbonyl (C=O) groups excluding carboxylic acids is 1. The third-order valence-corrected chi connectivity index (χ3v) is 7.42. The van der Waals surface area contributed by atoms with Gasteiger partial charge in [0, 0.05) is 10.6 Å². The predicted octanol–water partition coefficient (Wildman–Crippen LogP) is 7.88. The molecule has 1 saturated heterocycles. The van der Waals surface area contributed by atoms with Crippen molar-refractivity contribution in [3.05, 3.63) is 86.2 Å². The fraction of sp³-hybridized carbons (Fsp3) is 0.185. The number of hydrogen-bond acceptors (Lipinski definition) is 6. The van der Waals surface area contributed by atoms with Crippen LogP contribution < -0.4 is 19.1 Å². The number of benzene rings is 3. The number of thioether (sulfide) groups is 1. The van der Waals surface area contributed by atoms with Crippen molar-refractivity contribution >= 4 is 73.5 Å². The lowest BCUT2D eigenvalue weighted by Crippen LogP contribution is -2.27. The molecule has 1 aliphatic heterocycles. The molecule has 0 radical (unpaired) electrons. The molecule has 4 rings (SSSR count). The van der Waals surface area contributed by atoms with E-state index >= 15 is 0 Å². The van der Waals surface area contributed by atoms with Crippen LogP contribution in [0.5, 0.6) is 17.2 Å². The first-order chi connectivity index (χ1) is 17.4. The predicted molar refractivity (Wildman–Crippen MR) is 154 cm³/mol. The minimum absolute atomic E-state index is 0.178. The summed E-state index contributed by atoms with van der Waals surface area (Å²) in [5, 5.41) is 0.637. The van der Waals surface area contributed by atoms with E-state index in [-0.39, 0.29) is 5.91 Å². The molecule has 186 valence electrons. The van der Waals surface area contributed by atoms with E-state index < -0.39 is 0 Å². The van der Waals surface area contributed by atoms with E-state index in [4.69, 9.17) is 38.0 Å². The summed E-state index contributed by atoms with van der Waals surface area (Å²) in [5.41, 5.74) is 2.35. The second kappa shape index (κ2) is 12.1. The SMILES string of the molecule is CCOc1ccc(N2C(=O)/C(=C\c3cc(Br)c(OCc4ccccc4Cl)c(OCC)c3)SC2=S)cc1. The van der Waals surface area contributed by atoms with E-state index in [0.29, 0.717) is 55.7 Å². The smallest absolute Gasteiger partial charge is 0.270 e. The number of thiocarbonyl (C=S) groups is 1. The highest BCUT2D eigenvalue weighted by molar-refractivity contribution is 9.10. The van der Waals surface area contributed by atoms with E-state index in [1.54, 1.807) is 6.08 Å². The molecule has 3 aromatic carbocycles. The summed E-state index contributed by atoms with van der Waals surface area (Å²) < 4.78 is 18.6. The van der Waals surface area contributed by atoms with Gasteiger partial charge in [-0.05, 0) is 83.9 Å². The molecule has 1 fully saturated rings. The first-order valence-electron chi connectivity index (χ1n) is 11.2. The molecule has 1 heterocycles. The van der Waals surface area contributed by atoms with Crippen molar-refractivity contribution in [2.24, 2.45) is 0 Å². The monoisotopic (exact) mass is 603 g/mol. The van der Waals surface area contributed by atoms with Gasteiger partial charge in [0.05, 0.1) is 28.3 Å². The lowest BCUT2D eigenvalue weighted by Gasteiger charge is -2.16. The van der Waals surface area contributed by atoms with Gasteiger partial charge >= 0.3 is 0 Å². The summed E-state index contributed by atoms with van der Waals surface area (Å²) in [5.74, 6) is 1.69. The third-order valence-electron chi connectivity index (χ3n) is 5.16. The molecule has 5 nitrogen and oxygen atoms in total. The molecule has 0 spiro atoms. The fourth-order valence-corrected chi connectivity index (χ4v) is 5.60. The summed E-state index contributed by atoms with van der Waals surface area (Å²) in [6.07, 6.45) is 1.80. The maximum absolute atomic E-state index is 13.2. The second-order valence-electron chi connectivity index (χ2n) is 7.59. The normalized spacial score (nSPS) is 14.4. The first-order valence-corrected chi connectivity index (χ1v) is 13.6. The van der Waals surface area contributed by atoms with Crippen LogP contribution in [0.3, 0.4) is 0 Å². The standard InChI is InChI=1S/C27H23BrClNO4S2/c1-3-32-20-11-9-19(10-12-20)30-26(31)24(36-27(30)35)15-17-13-21(28)25(23(14-17)33-4-2)34-16-18-7-5-6-8-22(18)29/h5-15H,3-4,16H2,1-2H3/b24-15+. The lowest BCUT2D eigenvalue weighted by molar-refractivity contribution is -0.113. The number of halogens is 2. The Labute approximate surface area is 233 Å². The number of anilines is 1. The van der Waals surface area contributed by atoms with Crippen molar-refractivity contribution < 1.29 is 19.0 Å². The topological polar surface area (TPSA) is 48.0 Å². The molecule has 1 amide bonds. The van der Waals surface area contributed by atoms with Gasteiger partial charge < -0.3 is 14.2 Å². The van der Waals surface area contributed by atoms with E-state index in [2.05, 4.69) is 15.9 Å². The van der Waals surface area contributed by atoms with E-state index in [9.17, 15) is 4.79 Å². The Hall–Kier alpha value is -2.52. The van der Waals surface area contributed by atoms with Crippen LogP contribution in [0.1, 0.15) is 25.0 Å². The molecule has 3 aromatic rings. The Balaban J connectivity index is 1.58. The molecule has 36 heavy (non-hydrogen) atoms. The van der Waals surface area contributed by atoms with Crippen LogP contribution in [0, 0.1) is 0 Å². The van der Waals surface area contributed by atoms with Gasteiger partial charge in [-0.15, -0.1) is 0 Å². The second-order valence-corrected chi connectivity index (χ2v) is 10.5. The van der Waals surface area contributed by atoms with E-state index in [1.807, 2.05) is 74.5 Å². The summed E-state index contributed by atoms with van der Waals surface area (Å²) >= 11 is 16.6. The van der Waals surface area contributed by atoms with Crippen molar-refractivity contribution in [3.8, 4) is 17.2 Å². The summed E-state index contributed by atoms with van der Waals surface area (Å²) in [6.45, 7) is 5.15. The van der Waals surface area contributed by atoms with Crippen molar-refractivity contribution in [1.82, 2.24) is 0 Å². The van der Waals surface area contributed by atoms with Crippen LogP contribution in [0.15, 0.2) is 70.0 Å². The largest absolute Gasteiger partial charge is 0.494 e. The van der Waals surface area contributed by atoms with Gasteiger partial charge in [-0.2, -0.15) is 0 Å². The van der Waals surface area contributed by atoms with E-state index in [0.717, 1.165) is 16.9 Å². The maximum Gasteiger partial charge on any atom is 0.270 e. The Morgan fingerprint density at radius 3 is 2.44 bits per heavy atom. The van der Waals surface area contributed by atoms with Crippen LogP contribution in [0.2, 0.25) is 5.02 Å². The van der Waals surface area contributed by atoms with Crippen molar-refractivity contribution in [1.29, 1.82) is 0 Å². The number of rotatable bonds is 9. The Bertz CT molecular complexity index is 1310. The number of hydrogen-bond donors (Lipinski definition) is 0. The van der Waals surface area contributed by atoms with Crippen molar-refractivity contribution in [2.45, 2.75) is 20.5 Å². The van der Waals surface area contributed by atoms with Gasteiger partial charge in [-0.25, -0.2) is 0 Å². The van der Waals surface area contributed by atoms with E-state index in [1.165, 1.54) is 16.7 Å². The number of ether oxygens (including phenoxy) is 3. The van der Waals surface area contributed by atoms with Gasteiger partial charge in [0.15, 0.2) is 15.8 Å². The summed E-state index contributed by atoms with van der Waals surface area (Å²) in [6, 6.07) is 18.6. The highest BCUT2D eigenvalue weighted by Gasteiger charge is 2.33. The van der Waals surface area contributed by atoms with Gasteiger partial charge in [0.2, 0.25) is 0 Å². The van der Waals surface area contributed by atoms with Gasteiger partial charge in [-0.3, -0.25) is 9.69 Å². The molecule has 9 heteroatoms. The minimum Gasteiger partial charge on any atom is -0.494 e. The number of amides is 1. The fourth-order valence-electron chi connectivity index (χ4n) is 3.54. The molecular formula is C27H23BrClNO4S2. The van der Waals surface area contributed by atoms with Crippen LogP contribution in [-0.4, -0.2) is 23.4 Å². The first kappa shape index (κ1) is 26.5. The maximum atomic E-state index is 13.2. The zero-order valence-corrected chi connectivity index (χ0v) is 23.6. The van der Waals surface area contributed by atoms with Crippen molar-refractivity contribution in [2.75, 3.05) is 18.1 Å². The van der Waals surface area contributed by atoms with Crippen molar-refractivity contribution in [3.63, 3.8) is 0 Å². The zero-order chi connectivity index (χ0) is 25.7. The molecule has 0 atom stereocenters. The molecule has 1 aliphatic rings. The minimum atomic E-state index is -0.178. The third kappa shape index (κ3) is 6.06. The lowest BCUT2D eigenvalue weighted by atomic mass is 10.1. The molecule has 0 bridgehead atoms. The van der Waals surface area contributed by atoms with Crippen LogP contribution in [-0.2, 0) is 11.4 Å². The highest BCUT2D eigenvalue weighted by atomic mass is 79.9. The van der Waals surface area contributed by atoms with Gasteiger partial charge in [-0.1, -0.05) is 53.8 Å².